The number of hydrogen-bond acceptors (Lipinski definition) is 7. The maximum atomic E-state index is 14.0. The summed E-state index contributed by atoms with van der Waals surface area (Å²) in [7, 11) is 0. The van der Waals surface area contributed by atoms with Crippen LogP contribution in [-0.2, 0) is 30.3 Å². The number of aliphatic hydroxyl groups is 1. The second-order valence-electron chi connectivity index (χ2n) is 11.7. The Hall–Kier alpha value is -4.18. The Labute approximate surface area is 248 Å². The van der Waals surface area contributed by atoms with Crippen molar-refractivity contribution in [3.8, 4) is 0 Å². The molecule has 3 amide bonds. The zero-order valence-electron chi connectivity index (χ0n) is 25.3. The van der Waals surface area contributed by atoms with Crippen LogP contribution in [0.15, 0.2) is 61.2 Å². The van der Waals surface area contributed by atoms with Crippen molar-refractivity contribution in [2.45, 2.75) is 71.2 Å². The summed E-state index contributed by atoms with van der Waals surface area (Å²) >= 11 is 0. The summed E-state index contributed by atoms with van der Waals surface area (Å²) in [6.45, 7) is 12.9. The van der Waals surface area contributed by atoms with E-state index in [1.54, 1.807) is 71.9 Å². The molecule has 10 heteroatoms. The molecular formula is C32H43N3O7. The Morgan fingerprint density at radius 2 is 1.60 bits per heavy atom. The number of esters is 1. The summed E-state index contributed by atoms with van der Waals surface area (Å²) < 4.78 is 10.8. The third-order valence-corrected chi connectivity index (χ3v) is 5.76. The summed E-state index contributed by atoms with van der Waals surface area (Å²) in [5.74, 6) is -1.94. The molecule has 0 aliphatic heterocycles. The molecule has 0 radical (unpaired) electrons. The molecule has 0 heterocycles. The highest BCUT2D eigenvalue weighted by atomic mass is 16.6. The van der Waals surface area contributed by atoms with Gasteiger partial charge in [0.1, 0.15) is 29.8 Å². The van der Waals surface area contributed by atoms with Crippen LogP contribution in [0.4, 0.5) is 4.79 Å². The van der Waals surface area contributed by atoms with Crippen LogP contribution in [0.2, 0.25) is 0 Å². The molecule has 10 nitrogen and oxygen atoms in total. The molecule has 42 heavy (non-hydrogen) atoms. The zero-order valence-corrected chi connectivity index (χ0v) is 25.3. The lowest BCUT2D eigenvalue weighted by Crippen LogP contribution is -2.52. The standard InChI is InChI=1S/C32H43N3O7/c1-8-22-15-12-16-24(19-22)27(35(17-18-36)26(37)21-33-30(40)42-32(5,6)7)28(38)34-25(29(39)41-31(2,3)4)20-23-13-10-9-11-14-23/h8-16,19,25,27,36H,1,17-18,20-21H2,2-7H3,(H,33,40)(H,34,38). The Balaban J connectivity index is 2.46. The van der Waals surface area contributed by atoms with Crippen LogP contribution < -0.4 is 10.6 Å². The molecule has 2 rings (SSSR count). The maximum Gasteiger partial charge on any atom is 0.408 e. The molecule has 0 aliphatic carbocycles. The van der Waals surface area contributed by atoms with Gasteiger partial charge in [-0.1, -0.05) is 61.2 Å². The number of carbonyl (C=O) groups excluding carboxylic acids is 4. The highest BCUT2D eigenvalue weighted by Crippen LogP contribution is 2.24. The van der Waals surface area contributed by atoms with Crippen molar-refractivity contribution in [2.75, 3.05) is 19.7 Å². The Morgan fingerprint density at radius 1 is 0.952 bits per heavy atom. The fraction of sp³-hybridized carbons (Fsp3) is 0.438. The number of rotatable bonds is 12. The number of ether oxygens (including phenoxy) is 2. The number of amides is 3. The molecule has 0 aromatic heterocycles. The topological polar surface area (TPSA) is 134 Å². The normalized spacial score (nSPS) is 12.8. The van der Waals surface area contributed by atoms with E-state index >= 15 is 0 Å². The number of aliphatic hydroxyl groups excluding tert-OH is 1. The first-order chi connectivity index (χ1) is 19.6. The molecule has 228 valence electrons. The summed E-state index contributed by atoms with van der Waals surface area (Å²) in [6, 6.07) is 13.7. The Kier molecular flexibility index (Phi) is 12.3. The predicted octanol–water partition coefficient (Wildman–Crippen LogP) is 3.79. The fourth-order valence-electron chi connectivity index (χ4n) is 4.06. The SMILES string of the molecule is C=Cc1cccc(C(C(=O)NC(Cc2ccccc2)C(=O)OC(C)(C)C)N(CCO)C(=O)CNC(=O)OC(C)(C)C)c1. The van der Waals surface area contributed by atoms with E-state index in [0.717, 1.165) is 10.5 Å². The van der Waals surface area contributed by atoms with Crippen LogP contribution in [0.5, 0.6) is 0 Å². The molecule has 2 aromatic carbocycles. The second-order valence-corrected chi connectivity index (χ2v) is 11.7. The van der Waals surface area contributed by atoms with Crippen molar-refractivity contribution in [2.24, 2.45) is 0 Å². The number of carbonyl (C=O) groups is 4. The molecule has 0 saturated carbocycles. The summed E-state index contributed by atoms with van der Waals surface area (Å²) in [5.41, 5.74) is 0.332. The smallest absolute Gasteiger partial charge is 0.408 e. The van der Waals surface area contributed by atoms with Crippen molar-refractivity contribution in [3.63, 3.8) is 0 Å². The Morgan fingerprint density at radius 3 is 2.17 bits per heavy atom. The quantitative estimate of drug-likeness (QED) is 0.325. The van der Waals surface area contributed by atoms with Crippen LogP contribution in [-0.4, -0.2) is 70.8 Å². The van der Waals surface area contributed by atoms with Gasteiger partial charge in [-0.25, -0.2) is 9.59 Å². The Bertz CT molecular complexity index is 1230. The van der Waals surface area contributed by atoms with Crippen LogP contribution in [0.3, 0.4) is 0 Å². The first kappa shape index (κ1) is 34.0. The third-order valence-electron chi connectivity index (χ3n) is 5.76. The lowest BCUT2D eigenvalue weighted by atomic mass is 9.99. The molecule has 2 unspecified atom stereocenters. The summed E-state index contributed by atoms with van der Waals surface area (Å²) in [5, 5.41) is 15.1. The molecule has 0 fully saturated rings. The van der Waals surface area contributed by atoms with Gasteiger partial charge in [-0.05, 0) is 64.3 Å². The van der Waals surface area contributed by atoms with Crippen LogP contribution in [0.1, 0.15) is 64.3 Å². The van der Waals surface area contributed by atoms with Gasteiger partial charge >= 0.3 is 12.1 Å². The number of nitrogens with zero attached hydrogens (tertiary/aromatic N) is 1. The number of hydrogen-bond donors (Lipinski definition) is 3. The van der Waals surface area contributed by atoms with Gasteiger partial charge in [0, 0.05) is 13.0 Å². The highest BCUT2D eigenvalue weighted by Gasteiger charge is 2.35. The summed E-state index contributed by atoms with van der Waals surface area (Å²) in [6.07, 6.45) is 0.941. The maximum absolute atomic E-state index is 14.0. The van der Waals surface area contributed by atoms with Crippen LogP contribution in [0, 0.1) is 0 Å². The minimum Gasteiger partial charge on any atom is -0.458 e. The van der Waals surface area contributed by atoms with E-state index in [2.05, 4.69) is 17.2 Å². The van der Waals surface area contributed by atoms with E-state index in [1.807, 2.05) is 30.3 Å². The van der Waals surface area contributed by atoms with Gasteiger partial charge in [-0.15, -0.1) is 0 Å². The van der Waals surface area contributed by atoms with Gasteiger partial charge in [0.25, 0.3) is 0 Å². The van der Waals surface area contributed by atoms with E-state index in [1.165, 1.54) is 0 Å². The fourth-order valence-corrected chi connectivity index (χ4v) is 4.06. The predicted molar refractivity (Wildman–Crippen MR) is 160 cm³/mol. The zero-order chi connectivity index (χ0) is 31.5. The molecule has 3 N–H and O–H groups in total. The van der Waals surface area contributed by atoms with E-state index in [4.69, 9.17) is 9.47 Å². The van der Waals surface area contributed by atoms with Crippen molar-refractivity contribution < 1.29 is 33.8 Å². The van der Waals surface area contributed by atoms with E-state index in [0.29, 0.717) is 11.1 Å². The number of alkyl carbamates (subject to hydrolysis) is 1. The van der Waals surface area contributed by atoms with E-state index < -0.39 is 60.3 Å². The van der Waals surface area contributed by atoms with E-state index in [9.17, 15) is 24.3 Å². The lowest BCUT2D eigenvalue weighted by Gasteiger charge is -2.33. The highest BCUT2D eigenvalue weighted by molar-refractivity contribution is 5.93. The largest absolute Gasteiger partial charge is 0.458 e. The lowest BCUT2D eigenvalue weighted by molar-refractivity contribution is -0.159. The molecule has 0 aliphatic rings. The summed E-state index contributed by atoms with van der Waals surface area (Å²) in [4.78, 5) is 54.1. The van der Waals surface area contributed by atoms with Gasteiger partial charge in [0.05, 0.1) is 6.61 Å². The van der Waals surface area contributed by atoms with Crippen LogP contribution in [0.25, 0.3) is 6.08 Å². The van der Waals surface area contributed by atoms with Crippen LogP contribution >= 0.6 is 0 Å². The van der Waals surface area contributed by atoms with Crippen molar-refractivity contribution in [1.29, 1.82) is 0 Å². The van der Waals surface area contributed by atoms with Gasteiger partial charge in [0.2, 0.25) is 11.8 Å². The van der Waals surface area contributed by atoms with E-state index in [-0.39, 0.29) is 13.0 Å². The molecule has 0 spiro atoms. The monoisotopic (exact) mass is 581 g/mol. The average Bonchev–Trinajstić information content (AvgIpc) is 2.90. The van der Waals surface area contributed by atoms with Gasteiger partial charge in [-0.3, -0.25) is 9.59 Å². The molecule has 2 atom stereocenters. The molecule has 0 bridgehead atoms. The molecule has 0 saturated heterocycles. The van der Waals surface area contributed by atoms with Crippen molar-refractivity contribution in [3.05, 3.63) is 77.9 Å². The molecule has 2 aromatic rings. The van der Waals surface area contributed by atoms with Gasteiger partial charge in [0.15, 0.2) is 0 Å². The van der Waals surface area contributed by atoms with Gasteiger partial charge < -0.3 is 30.1 Å². The number of nitrogens with one attached hydrogen (secondary N) is 2. The van der Waals surface area contributed by atoms with Gasteiger partial charge in [-0.2, -0.15) is 0 Å². The third kappa shape index (κ3) is 11.4. The minimum atomic E-state index is -1.26. The first-order valence-corrected chi connectivity index (χ1v) is 13.8. The first-order valence-electron chi connectivity index (χ1n) is 13.8. The average molecular weight is 582 g/mol. The number of benzene rings is 2. The minimum absolute atomic E-state index is 0.148. The van der Waals surface area contributed by atoms with Crippen molar-refractivity contribution >= 4 is 30.0 Å². The molecular weight excluding hydrogens is 538 g/mol. The van der Waals surface area contributed by atoms with Crippen molar-refractivity contribution in [1.82, 2.24) is 15.5 Å². The second kappa shape index (κ2) is 15.2.